The number of aliphatic hydroxyl groups excluding tert-OH is 2. The first-order valence-electron chi connectivity index (χ1n) is 31.4. The lowest BCUT2D eigenvalue weighted by atomic mass is 9.88. The molecule has 3 aromatic heterocycles. The predicted molar refractivity (Wildman–Crippen MR) is 370 cm³/mol. The molecule has 95 heavy (non-hydrogen) atoms. The van der Waals surface area contributed by atoms with Gasteiger partial charge in [0.15, 0.2) is 7.38 Å². The number of rotatable bonds is 20. The van der Waals surface area contributed by atoms with Crippen LogP contribution < -0.4 is 13.9 Å². The summed E-state index contributed by atoms with van der Waals surface area (Å²) in [5.41, 5.74) is 6.81. The first-order chi connectivity index (χ1) is 44.8. The van der Waals surface area contributed by atoms with Crippen molar-refractivity contribution in [3.63, 3.8) is 0 Å². The van der Waals surface area contributed by atoms with E-state index in [2.05, 4.69) is 88.1 Å². The van der Waals surface area contributed by atoms with Gasteiger partial charge in [0.2, 0.25) is 23.3 Å². The Bertz CT molecular complexity index is 4230. The average Bonchev–Trinajstić information content (AvgIpc) is 1.64. The zero-order valence-corrected chi connectivity index (χ0v) is 60.0. The second-order valence-electron chi connectivity index (χ2n) is 25.9. The Kier molecular flexibility index (Phi) is 22.9. The van der Waals surface area contributed by atoms with E-state index in [4.69, 9.17) is 53.2 Å². The largest absolute Gasteiger partial charge is 0.541 e. The summed E-state index contributed by atoms with van der Waals surface area (Å²) in [6.45, 7) is 25.7. The highest BCUT2D eigenvalue weighted by Gasteiger charge is 2.51. The molecule has 1 aliphatic heterocycles. The lowest BCUT2D eigenvalue weighted by Crippen LogP contribution is -2.51. The minimum absolute atomic E-state index is 0.00297. The summed E-state index contributed by atoms with van der Waals surface area (Å²) >= 11 is 18.6. The van der Waals surface area contributed by atoms with E-state index in [0.29, 0.717) is 73.5 Å². The number of halogens is 5. The molecule has 0 unspecified atom stereocenters. The number of ketones is 2. The fourth-order valence-corrected chi connectivity index (χ4v) is 23.2. The molecule has 1 aliphatic carbocycles. The molecule has 0 atom stereocenters. The van der Waals surface area contributed by atoms with Gasteiger partial charge in [-0.2, -0.15) is 11.1 Å². The van der Waals surface area contributed by atoms with Crippen LogP contribution in [0.15, 0.2) is 97.3 Å². The van der Waals surface area contributed by atoms with Crippen molar-refractivity contribution in [2.24, 2.45) is 0 Å². The second kappa shape index (κ2) is 29.7. The first-order valence-corrected chi connectivity index (χ1v) is 37.5. The van der Waals surface area contributed by atoms with E-state index < -0.39 is 62.5 Å². The summed E-state index contributed by atoms with van der Waals surface area (Å²) in [6, 6.07) is 21.9. The fraction of sp³-hybridized carbons (Fsp3) is 0.361. The zero-order chi connectivity index (χ0) is 70.0. The number of benzene rings is 5. The number of aromatic hydroxyl groups is 3. The van der Waals surface area contributed by atoms with Gasteiger partial charge in [0.25, 0.3) is 20.1 Å². The van der Waals surface area contributed by atoms with E-state index in [9.17, 15) is 53.5 Å². The van der Waals surface area contributed by atoms with Crippen LogP contribution in [0.2, 0.25) is 43.3 Å². The van der Waals surface area contributed by atoms with Gasteiger partial charge in [-0.05, 0) is 128 Å². The highest BCUT2D eigenvalue weighted by atomic mass is 35.6. The number of phenolic OH excluding ortho intramolecular Hbond substituents is 1. The average molecular weight is 1390 g/mol. The Morgan fingerprint density at radius 1 is 0.526 bits per heavy atom. The number of nitrogens with zero attached hydrogens (tertiary/aromatic N) is 4. The molecule has 10 rings (SSSR count). The van der Waals surface area contributed by atoms with Gasteiger partial charge in [0.1, 0.15) is 51.4 Å². The summed E-state index contributed by atoms with van der Waals surface area (Å²) in [6.07, 6.45) is 3.67. The van der Waals surface area contributed by atoms with Crippen LogP contribution in [-0.2, 0) is 39.1 Å². The number of pyridine rings is 2. The number of aromatic nitrogens is 3. The Balaban J connectivity index is 0.000000214. The summed E-state index contributed by atoms with van der Waals surface area (Å²) in [5.74, 6) is -4.19. The molecule has 5 aromatic carbocycles. The van der Waals surface area contributed by atoms with Gasteiger partial charge in [-0.3, -0.25) is 38.6 Å². The van der Waals surface area contributed by atoms with Crippen LogP contribution in [0.4, 0.5) is 8.78 Å². The third kappa shape index (κ3) is 14.3. The number of aliphatic hydroxyl groups is 2. The minimum Gasteiger partial charge on any atom is -0.541 e. The van der Waals surface area contributed by atoms with Crippen molar-refractivity contribution in [1.29, 1.82) is 0 Å². The third-order valence-electron chi connectivity index (χ3n) is 18.3. The van der Waals surface area contributed by atoms with E-state index >= 15 is 0 Å². The smallest absolute Gasteiger partial charge is 0.265 e. The third-order valence-corrected chi connectivity index (χ3v) is 34.1. The molecular weight excluding hydrogens is 1310 g/mol. The van der Waals surface area contributed by atoms with E-state index in [0.717, 1.165) is 15.0 Å². The van der Waals surface area contributed by atoms with E-state index in [-0.39, 0.29) is 115 Å². The van der Waals surface area contributed by atoms with Crippen molar-refractivity contribution >= 4 is 84.3 Å². The monoisotopic (exact) mass is 1390 g/mol. The summed E-state index contributed by atoms with van der Waals surface area (Å²) in [5, 5.41) is 52.7. The molecule has 0 bridgehead atoms. The van der Waals surface area contributed by atoms with Crippen LogP contribution in [0.3, 0.4) is 0 Å². The van der Waals surface area contributed by atoms with Crippen molar-refractivity contribution in [1.82, 2.24) is 19.4 Å². The molecule has 23 heteroatoms. The zero-order valence-electron chi connectivity index (χ0n) is 55.7. The molecule has 2 amide bonds. The minimum atomic E-state index is -2.70. The number of carbonyl (C=O) groups is 4. The number of hydrogen-bond acceptors (Lipinski definition) is 14. The highest BCUT2D eigenvalue weighted by molar-refractivity contribution is 7.22. The molecule has 2 aliphatic rings. The normalized spacial score (nSPS) is 13.1. The van der Waals surface area contributed by atoms with Crippen molar-refractivity contribution in [2.45, 2.75) is 155 Å². The standard InChI is InChI=1S/C36H40ClFN2O6Si.C27H20ClFN2O6.C9H21ClSi/c1-19(2)47(20(3)4,21(5)6)46-34-31-30(35(43)40(36(31)44)17-25-10-8-23(18-41)15-29(25)45-7)33(42)26-13-24(16-39-32(26)34)12-22-9-11-28(38)27(37)14-22;1-37-20-9-14(12-32)2-4-16(20)11-31-26(35)21-22(27(31)36)25(34)23-17(24(21)33)7-15(10-30-23)6-13-3-5-19(29)18(28)8-13;1-7(2)11(10,8(3)4)9(5)6/h8-11,13-16,19-21,41-42H,12,17-18H2,1-7H3;2-5,7-10,32,35-36H,6,11-12H2,1H3;7-9H,1-6H3. The quantitative estimate of drug-likeness (QED) is 0.0272. The molecule has 0 saturated heterocycles. The van der Waals surface area contributed by atoms with E-state index in [1.807, 2.05) is 0 Å². The molecule has 4 heterocycles. The Labute approximate surface area is 569 Å². The fourth-order valence-electron chi connectivity index (χ4n) is 13.5. The van der Waals surface area contributed by atoms with E-state index in [1.165, 1.54) is 50.7 Å². The molecule has 504 valence electrons. The number of carbonyl (C=O) groups excluding carboxylic acids is 4. The van der Waals surface area contributed by atoms with Gasteiger partial charge >= 0.3 is 0 Å². The van der Waals surface area contributed by atoms with Gasteiger partial charge in [-0.1, -0.05) is 143 Å². The number of methoxy groups -OCH3 is 2. The molecule has 16 nitrogen and oxygen atoms in total. The maximum atomic E-state index is 14.3. The van der Waals surface area contributed by atoms with Gasteiger partial charge in [0.05, 0.1) is 72.8 Å². The number of phenols is 1. The van der Waals surface area contributed by atoms with Crippen molar-refractivity contribution in [3.05, 3.63) is 197 Å². The molecule has 5 N–H and O–H groups in total. The van der Waals surface area contributed by atoms with Crippen LogP contribution in [-0.4, -0.2) is 98.3 Å². The maximum absolute atomic E-state index is 14.3. The molecule has 0 fully saturated rings. The summed E-state index contributed by atoms with van der Waals surface area (Å²) < 4.78 is 46.4. The number of ether oxygens (including phenoxy) is 2. The van der Waals surface area contributed by atoms with Crippen molar-refractivity contribution < 1.29 is 67.4 Å². The Morgan fingerprint density at radius 3 is 1.41 bits per heavy atom. The lowest BCUT2D eigenvalue weighted by molar-refractivity contribution is 0.0639. The van der Waals surface area contributed by atoms with Crippen LogP contribution >= 0.6 is 34.3 Å². The Hall–Kier alpha value is -7.70. The molecule has 8 aromatic rings. The molecule has 0 saturated carbocycles. The summed E-state index contributed by atoms with van der Waals surface area (Å²) in [7, 11) is -1.30. The van der Waals surface area contributed by atoms with Crippen LogP contribution in [0, 0.1) is 11.6 Å². The highest BCUT2D eigenvalue weighted by Crippen LogP contribution is 2.51. The molecular formula is C72H81Cl3F2N4O12Si2. The lowest BCUT2D eigenvalue weighted by Gasteiger charge is -2.42. The van der Waals surface area contributed by atoms with Gasteiger partial charge < -0.3 is 39.4 Å². The van der Waals surface area contributed by atoms with Crippen molar-refractivity contribution in [3.8, 4) is 34.8 Å². The Morgan fingerprint density at radius 2 is 0.968 bits per heavy atom. The maximum Gasteiger partial charge on any atom is 0.265 e. The van der Waals surface area contributed by atoms with Gasteiger partial charge in [-0.15, -0.1) is 0 Å². The topological polar surface area (TPSA) is 231 Å². The van der Waals surface area contributed by atoms with Crippen LogP contribution in [0.5, 0.6) is 34.8 Å². The van der Waals surface area contributed by atoms with Crippen LogP contribution in [0.25, 0.3) is 10.9 Å². The van der Waals surface area contributed by atoms with Crippen LogP contribution in [0.1, 0.15) is 180 Å². The number of imide groups is 1. The second-order valence-corrected chi connectivity index (χ2v) is 39.2. The number of amides is 2. The number of hydrogen-bond donors (Lipinski definition) is 5. The van der Waals surface area contributed by atoms with Gasteiger partial charge in [-0.25, -0.2) is 8.78 Å². The first kappa shape index (κ1) is 73.1. The predicted octanol–water partition coefficient (Wildman–Crippen LogP) is 16.6. The van der Waals surface area contributed by atoms with Crippen molar-refractivity contribution in [2.75, 3.05) is 14.2 Å². The molecule has 0 spiro atoms. The molecule has 0 radical (unpaired) electrons. The van der Waals surface area contributed by atoms with Gasteiger partial charge in [0, 0.05) is 28.9 Å². The van der Waals surface area contributed by atoms with E-state index in [1.54, 1.807) is 60.8 Å². The SMILES string of the molecule is CC(C)[Si](Cl)(C(C)C)C(C)C.COc1cc(CO)ccc1CN1C(=O)c2c(c(O[Si](C(C)C)(C(C)C)C(C)C)c3ncc(Cc4ccc(F)c(Cl)c4)cc3c2O)C1=O.COc1cc(CO)ccc1Cn1c(O)c2c(c1O)C(=O)c1ncc(Cc3ccc(F)c(Cl)c3)cc1C2=O. The number of fused-ring (bicyclic) bond motifs is 4. The summed E-state index contributed by atoms with van der Waals surface area (Å²) in [4.78, 5) is 65.0.